The Morgan fingerprint density at radius 3 is 2.25 bits per heavy atom. The van der Waals surface area contributed by atoms with Gasteiger partial charge in [0.15, 0.2) is 0 Å². The Balaban J connectivity index is 2.75. The van der Waals surface area contributed by atoms with Crippen LogP contribution >= 0.6 is 0 Å². The minimum atomic E-state index is -1.90. The van der Waals surface area contributed by atoms with Crippen molar-refractivity contribution in [3.8, 4) is 0 Å². The van der Waals surface area contributed by atoms with Gasteiger partial charge in [0.2, 0.25) is 0 Å². The first-order chi connectivity index (χ1) is 5.11. The average Bonchev–Trinajstić information content (AvgIpc) is 2.10. The normalized spacial score (nSPS) is 26.2. The first-order valence-electron chi connectivity index (χ1n) is 4.12. The van der Waals surface area contributed by atoms with Gasteiger partial charge in [0.25, 0.3) is 0 Å². The molecule has 0 amide bonds. The van der Waals surface area contributed by atoms with Crippen LogP contribution in [0.4, 0.5) is 0 Å². The molecule has 0 atom stereocenters. The third-order valence-electron chi connectivity index (χ3n) is 0.970. The topological polar surface area (TPSA) is 0 Å². The monoisotopic (exact) mass is 109 g/mol. The molecule has 0 N–H and O–H groups in total. The van der Waals surface area contributed by atoms with Gasteiger partial charge in [-0.15, -0.1) is 0 Å². The lowest BCUT2D eigenvalue weighted by Crippen LogP contribution is -1.77. The molecule has 0 spiro atoms. The van der Waals surface area contributed by atoms with Crippen molar-refractivity contribution in [1.82, 2.24) is 0 Å². The van der Waals surface area contributed by atoms with Crippen LogP contribution in [-0.2, 0) is 0 Å². The minimum Gasteiger partial charge on any atom is -0.0779 e. The van der Waals surface area contributed by atoms with Crippen molar-refractivity contribution in [1.29, 1.82) is 0 Å². The lowest BCUT2D eigenvalue weighted by atomic mass is 10.2. The maximum atomic E-state index is 7.13. The molecule has 0 saturated heterocycles. The molecular weight excluding hydrogens is 96.1 g/mol. The summed E-state index contributed by atoms with van der Waals surface area (Å²) >= 11 is 0. The fourth-order valence-electron chi connectivity index (χ4n) is 0.560. The van der Waals surface area contributed by atoms with Crippen molar-refractivity contribution < 1.29 is 4.11 Å². The SMILES string of the molecule is [2H]C([2H])([2H])C1C=CC=CC=C1. The third-order valence-corrected chi connectivity index (χ3v) is 0.970. The summed E-state index contributed by atoms with van der Waals surface area (Å²) in [5.74, 6) is -0.433. The van der Waals surface area contributed by atoms with Gasteiger partial charge in [-0.3, -0.25) is 0 Å². The zero-order valence-electron chi connectivity index (χ0n) is 7.54. The predicted molar refractivity (Wildman–Crippen MR) is 36.6 cm³/mol. The zero-order chi connectivity index (χ0) is 8.32. The molecule has 0 aromatic rings. The maximum absolute atomic E-state index is 7.13. The van der Waals surface area contributed by atoms with E-state index in [4.69, 9.17) is 4.11 Å². The Hall–Kier alpha value is -0.780. The Morgan fingerprint density at radius 2 is 1.75 bits per heavy atom. The molecule has 0 bridgehead atoms. The molecule has 0 unspecified atom stereocenters. The molecular formula is C8H10. The summed E-state index contributed by atoms with van der Waals surface area (Å²) in [5, 5.41) is 0. The fraction of sp³-hybridized carbons (Fsp3) is 0.250. The van der Waals surface area contributed by atoms with Gasteiger partial charge >= 0.3 is 0 Å². The Bertz CT molecular complexity index is 192. The molecule has 8 heavy (non-hydrogen) atoms. The van der Waals surface area contributed by atoms with E-state index in [9.17, 15) is 0 Å². The van der Waals surface area contributed by atoms with Gasteiger partial charge in [-0.2, -0.15) is 0 Å². The van der Waals surface area contributed by atoms with E-state index in [1.54, 1.807) is 24.3 Å². The van der Waals surface area contributed by atoms with Crippen molar-refractivity contribution in [2.75, 3.05) is 0 Å². The lowest BCUT2D eigenvalue weighted by Gasteiger charge is -1.90. The summed E-state index contributed by atoms with van der Waals surface area (Å²) in [5.41, 5.74) is 0. The zero-order valence-corrected chi connectivity index (χ0v) is 4.54. The number of hydrogen-bond donors (Lipinski definition) is 0. The quantitative estimate of drug-likeness (QED) is 0.447. The standard InChI is InChI=1S/C8H10/c1-8-6-4-2-3-5-7-8/h2-8H,1H3/i1D3. The predicted octanol–water partition coefficient (Wildman–Crippen LogP) is 2.30. The van der Waals surface area contributed by atoms with Gasteiger partial charge in [0.05, 0.1) is 0 Å². The van der Waals surface area contributed by atoms with Gasteiger partial charge in [-0.05, 0) is 5.92 Å². The molecule has 0 aromatic carbocycles. The van der Waals surface area contributed by atoms with E-state index in [1.165, 1.54) is 0 Å². The molecule has 0 nitrogen and oxygen atoms in total. The van der Waals surface area contributed by atoms with Crippen molar-refractivity contribution in [3.05, 3.63) is 36.5 Å². The Morgan fingerprint density at radius 1 is 1.12 bits per heavy atom. The fourth-order valence-corrected chi connectivity index (χ4v) is 0.560. The van der Waals surface area contributed by atoms with E-state index in [1.807, 2.05) is 12.2 Å². The minimum absolute atomic E-state index is 0.433. The van der Waals surface area contributed by atoms with Gasteiger partial charge in [0.1, 0.15) is 0 Å². The average molecular weight is 109 g/mol. The van der Waals surface area contributed by atoms with Crippen molar-refractivity contribution in [3.63, 3.8) is 0 Å². The Kier molecular flexibility index (Phi) is 0.839. The van der Waals surface area contributed by atoms with E-state index in [0.29, 0.717) is 0 Å². The smallest absolute Gasteiger partial charge is 0.0240 e. The molecule has 1 aliphatic carbocycles. The van der Waals surface area contributed by atoms with Crippen LogP contribution in [0.1, 0.15) is 11.0 Å². The summed E-state index contributed by atoms with van der Waals surface area (Å²) < 4.78 is 21.4. The number of hydrogen-bond acceptors (Lipinski definition) is 0. The second-order valence-corrected chi connectivity index (χ2v) is 1.68. The van der Waals surface area contributed by atoms with Crippen LogP contribution in [0, 0.1) is 5.92 Å². The van der Waals surface area contributed by atoms with Crippen LogP contribution in [0.15, 0.2) is 36.5 Å². The highest BCUT2D eigenvalue weighted by molar-refractivity contribution is 5.18. The van der Waals surface area contributed by atoms with Gasteiger partial charge in [-0.1, -0.05) is 43.3 Å². The van der Waals surface area contributed by atoms with Crippen LogP contribution in [-0.4, -0.2) is 0 Å². The molecule has 0 fully saturated rings. The summed E-state index contributed by atoms with van der Waals surface area (Å²) in [6, 6.07) is 0. The molecule has 0 aliphatic heterocycles. The first kappa shape index (κ1) is 2.67. The van der Waals surface area contributed by atoms with Crippen LogP contribution in [0.3, 0.4) is 0 Å². The molecule has 0 aromatic heterocycles. The highest BCUT2D eigenvalue weighted by Gasteiger charge is 1.86. The molecule has 0 radical (unpaired) electrons. The van der Waals surface area contributed by atoms with Crippen molar-refractivity contribution in [2.24, 2.45) is 5.92 Å². The van der Waals surface area contributed by atoms with E-state index in [0.717, 1.165) is 0 Å². The first-order valence-corrected chi connectivity index (χ1v) is 2.62. The second-order valence-electron chi connectivity index (χ2n) is 1.68. The van der Waals surface area contributed by atoms with Crippen molar-refractivity contribution >= 4 is 0 Å². The highest BCUT2D eigenvalue weighted by atomic mass is 13.9. The summed E-state index contributed by atoms with van der Waals surface area (Å²) in [6.07, 6.45) is 10.5. The summed E-state index contributed by atoms with van der Waals surface area (Å²) in [7, 11) is 0. The van der Waals surface area contributed by atoms with Crippen LogP contribution in [0.2, 0.25) is 0 Å². The molecule has 42 valence electrons. The molecule has 0 heteroatoms. The van der Waals surface area contributed by atoms with E-state index >= 15 is 0 Å². The largest absolute Gasteiger partial charge is 0.0779 e. The van der Waals surface area contributed by atoms with E-state index < -0.39 is 12.8 Å². The second kappa shape index (κ2) is 2.51. The van der Waals surface area contributed by atoms with E-state index in [-0.39, 0.29) is 0 Å². The summed E-state index contributed by atoms with van der Waals surface area (Å²) in [4.78, 5) is 0. The van der Waals surface area contributed by atoms with Crippen LogP contribution in [0.5, 0.6) is 0 Å². The molecule has 0 heterocycles. The van der Waals surface area contributed by atoms with Gasteiger partial charge < -0.3 is 0 Å². The molecule has 1 aliphatic rings. The highest BCUT2D eigenvalue weighted by Crippen LogP contribution is 2.02. The molecule has 0 saturated carbocycles. The van der Waals surface area contributed by atoms with Crippen molar-refractivity contribution in [2.45, 2.75) is 6.85 Å². The number of allylic oxidation sites excluding steroid dienone is 6. The van der Waals surface area contributed by atoms with Crippen LogP contribution < -0.4 is 0 Å². The summed E-state index contributed by atoms with van der Waals surface area (Å²) in [6.45, 7) is -1.90. The molecule has 1 rings (SSSR count). The van der Waals surface area contributed by atoms with Crippen LogP contribution in [0.25, 0.3) is 0 Å². The van der Waals surface area contributed by atoms with E-state index in [2.05, 4.69) is 0 Å². The Labute approximate surface area is 54.4 Å². The van der Waals surface area contributed by atoms with Gasteiger partial charge in [-0.25, -0.2) is 0 Å². The number of rotatable bonds is 0. The van der Waals surface area contributed by atoms with Gasteiger partial charge in [0, 0.05) is 4.11 Å². The lowest BCUT2D eigenvalue weighted by molar-refractivity contribution is 0.943. The third kappa shape index (κ3) is 1.38. The maximum Gasteiger partial charge on any atom is 0.0240 e.